The zero-order chi connectivity index (χ0) is 11.5. The van der Waals surface area contributed by atoms with Crippen LogP contribution in [0.25, 0.3) is 0 Å². The second-order valence-corrected chi connectivity index (χ2v) is 4.03. The van der Waals surface area contributed by atoms with Crippen molar-refractivity contribution in [3.63, 3.8) is 0 Å². The largest absolute Gasteiger partial charge is 0.368 e. The van der Waals surface area contributed by atoms with E-state index in [0.29, 0.717) is 12.3 Å². The van der Waals surface area contributed by atoms with E-state index >= 15 is 0 Å². The SMILES string of the molecule is O=C(Nc1ccc(F)c(Cl)c1)[C@H]1CCCO1. The van der Waals surface area contributed by atoms with Gasteiger partial charge in [-0.15, -0.1) is 0 Å². The molecule has 1 aromatic carbocycles. The fraction of sp³-hybridized carbons (Fsp3) is 0.364. The molecule has 86 valence electrons. The molecule has 16 heavy (non-hydrogen) atoms. The highest BCUT2D eigenvalue weighted by Gasteiger charge is 2.23. The molecule has 0 unspecified atom stereocenters. The van der Waals surface area contributed by atoms with Crippen LogP contribution in [0.1, 0.15) is 12.8 Å². The third-order valence-corrected chi connectivity index (χ3v) is 2.70. The van der Waals surface area contributed by atoms with Crippen LogP contribution in [0, 0.1) is 5.82 Å². The number of carbonyl (C=O) groups excluding carboxylic acids is 1. The molecule has 0 saturated carbocycles. The van der Waals surface area contributed by atoms with E-state index in [9.17, 15) is 9.18 Å². The van der Waals surface area contributed by atoms with Crippen molar-refractivity contribution in [2.75, 3.05) is 11.9 Å². The van der Waals surface area contributed by atoms with E-state index in [2.05, 4.69) is 5.32 Å². The van der Waals surface area contributed by atoms with E-state index in [1.54, 1.807) is 0 Å². The van der Waals surface area contributed by atoms with Gasteiger partial charge in [0.2, 0.25) is 0 Å². The lowest BCUT2D eigenvalue weighted by molar-refractivity contribution is -0.124. The van der Waals surface area contributed by atoms with Crippen LogP contribution < -0.4 is 5.32 Å². The van der Waals surface area contributed by atoms with E-state index in [0.717, 1.165) is 12.8 Å². The molecule has 1 atom stereocenters. The minimum atomic E-state index is -0.503. The van der Waals surface area contributed by atoms with E-state index < -0.39 is 11.9 Å². The van der Waals surface area contributed by atoms with Crippen molar-refractivity contribution < 1.29 is 13.9 Å². The van der Waals surface area contributed by atoms with Crippen molar-refractivity contribution >= 4 is 23.2 Å². The predicted molar refractivity (Wildman–Crippen MR) is 59.0 cm³/mol. The maximum atomic E-state index is 12.9. The minimum absolute atomic E-state index is 0.00913. The summed E-state index contributed by atoms with van der Waals surface area (Å²) in [5, 5.41) is 2.63. The second kappa shape index (κ2) is 4.80. The van der Waals surface area contributed by atoms with Crippen LogP contribution >= 0.6 is 11.6 Å². The van der Waals surface area contributed by atoms with Crippen LogP contribution in [-0.2, 0) is 9.53 Å². The minimum Gasteiger partial charge on any atom is -0.368 e. The fourth-order valence-electron chi connectivity index (χ4n) is 1.58. The highest BCUT2D eigenvalue weighted by atomic mass is 35.5. The van der Waals surface area contributed by atoms with Gasteiger partial charge < -0.3 is 10.1 Å². The standard InChI is InChI=1S/C11H11ClFNO2/c12-8-6-7(3-4-9(8)13)14-11(15)10-2-1-5-16-10/h3-4,6,10H,1-2,5H2,(H,14,15)/t10-/m1/s1. The zero-order valence-corrected chi connectivity index (χ0v) is 9.26. The van der Waals surface area contributed by atoms with Gasteiger partial charge in [-0.1, -0.05) is 11.6 Å². The molecule has 1 heterocycles. The molecule has 0 aliphatic carbocycles. The summed E-state index contributed by atoms with van der Waals surface area (Å²) >= 11 is 5.60. The van der Waals surface area contributed by atoms with Gasteiger partial charge >= 0.3 is 0 Å². The lowest BCUT2D eigenvalue weighted by Crippen LogP contribution is -2.26. The van der Waals surface area contributed by atoms with Crippen LogP contribution in [-0.4, -0.2) is 18.6 Å². The highest BCUT2D eigenvalue weighted by Crippen LogP contribution is 2.20. The first kappa shape index (κ1) is 11.4. The number of halogens is 2. The summed E-state index contributed by atoms with van der Waals surface area (Å²) < 4.78 is 18.1. The Balaban J connectivity index is 2.02. The molecule has 1 fully saturated rings. The number of nitrogens with one attached hydrogen (secondary N) is 1. The Morgan fingerprint density at radius 2 is 2.38 bits per heavy atom. The van der Waals surface area contributed by atoms with Gasteiger partial charge in [0.05, 0.1) is 5.02 Å². The average Bonchev–Trinajstić information content (AvgIpc) is 2.77. The van der Waals surface area contributed by atoms with Crippen molar-refractivity contribution in [3.05, 3.63) is 29.0 Å². The van der Waals surface area contributed by atoms with Crippen LogP contribution in [0.4, 0.5) is 10.1 Å². The van der Waals surface area contributed by atoms with Gasteiger partial charge in [0.15, 0.2) is 0 Å². The quantitative estimate of drug-likeness (QED) is 0.867. The van der Waals surface area contributed by atoms with Crippen LogP contribution in [0.15, 0.2) is 18.2 Å². The number of amides is 1. The number of hydrogen-bond acceptors (Lipinski definition) is 2. The monoisotopic (exact) mass is 243 g/mol. The van der Waals surface area contributed by atoms with Gasteiger partial charge in [-0.25, -0.2) is 4.39 Å². The zero-order valence-electron chi connectivity index (χ0n) is 8.50. The van der Waals surface area contributed by atoms with E-state index in [1.807, 2.05) is 0 Å². The van der Waals surface area contributed by atoms with E-state index in [1.165, 1.54) is 18.2 Å². The summed E-state index contributed by atoms with van der Waals surface area (Å²) in [6.07, 6.45) is 1.21. The topological polar surface area (TPSA) is 38.3 Å². The summed E-state index contributed by atoms with van der Waals surface area (Å²) in [6.45, 7) is 0.613. The third-order valence-electron chi connectivity index (χ3n) is 2.41. The lowest BCUT2D eigenvalue weighted by atomic mass is 10.2. The van der Waals surface area contributed by atoms with Crippen molar-refractivity contribution in [2.24, 2.45) is 0 Å². The molecule has 0 radical (unpaired) electrons. The molecule has 1 aliphatic heterocycles. The Morgan fingerprint density at radius 3 is 3.00 bits per heavy atom. The maximum Gasteiger partial charge on any atom is 0.253 e. The van der Waals surface area contributed by atoms with Crippen molar-refractivity contribution in [3.8, 4) is 0 Å². The highest BCUT2D eigenvalue weighted by molar-refractivity contribution is 6.31. The molecule has 1 saturated heterocycles. The predicted octanol–water partition coefficient (Wildman–Crippen LogP) is 2.60. The fourth-order valence-corrected chi connectivity index (χ4v) is 1.76. The van der Waals surface area contributed by atoms with Gasteiger partial charge in [0.1, 0.15) is 11.9 Å². The summed E-state index contributed by atoms with van der Waals surface area (Å²) in [7, 11) is 0. The number of ether oxygens (including phenoxy) is 1. The number of hydrogen-bond donors (Lipinski definition) is 1. The molecule has 5 heteroatoms. The Hall–Kier alpha value is -1.13. The molecule has 1 aliphatic rings. The molecule has 0 spiro atoms. The molecular formula is C11H11ClFNO2. The Kier molecular flexibility index (Phi) is 3.41. The van der Waals surface area contributed by atoms with Crippen molar-refractivity contribution in [1.29, 1.82) is 0 Å². The molecule has 0 bridgehead atoms. The van der Waals surface area contributed by atoms with E-state index in [-0.39, 0.29) is 10.9 Å². The normalized spacial score (nSPS) is 19.8. The smallest absolute Gasteiger partial charge is 0.253 e. The summed E-state index contributed by atoms with van der Waals surface area (Å²) in [6, 6.07) is 4.06. The number of carbonyl (C=O) groups is 1. The average molecular weight is 244 g/mol. The Bertz CT molecular complexity index is 405. The van der Waals surface area contributed by atoms with Gasteiger partial charge in [-0.3, -0.25) is 4.79 Å². The van der Waals surface area contributed by atoms with E-state index in [4.69, 9.17) is 16.3 Å². The van der Waals surface area contributed by atoms with Crippen molar-refractivity contribution in [2.45, 2.75) is 18.9 Å². The second-order valence-electron chi connectivity index (χ2n) is 3.62. The van der Waals surface area contributed by atoms with Crippen molar-refractivity contribution in [1.82, 2.24) is 0 Å². The van der Waals surface area contributed by atoms with Gasteiger partial charge in [-0.2, -0.15) is 0 Å². The molecule has 2 rings (SSSR count). The number of rotatable bonds is 2. The molecule has 3 nitrogen and oxygen atoms in total. The first-order valence-electron chi connectivity index (χ1n) is 5.04. The van der Waals surface area contributed by atoms with Gasteiger partial charge in [0.25, 0.3) is 5.91 Å². The van der Waals surface area contributed by atoms with Gasteiger partial charge in [0, 0.05) is 12.3 Å². The third kappa shape index (κ3) is 2.51. The summed E-state index contributed by atoms with van der Waals surface area (Å²) in [5.41, 5.74) is 0.479. The number of anilines is 1. The first-order valence-corrected chi connectivity index (χ1v) is 5.42. The lowest BCUT2D eigenvalue weighted by Gasteiger charge is -2.10. The molecular weight excluding hydrogens is 233 g/mol. The van der Waals surface area contributed by atoms with Gasteiger partial charge in [-0.05, 0) is 31.0 Å². The molecule has 1 N–H and O–H groups in total. The first-order chi connectivity index (χ1) is 7.66. The molecule has 0 aromatic heterocycles. The van der Waals surface area contributed by atoms with Crippen LogP contribution in [0.3, 0.4) is 0 Å². The summed E-state index contributed by atoms with van der Waals surface area (Å²) in [4.78, 5) is 11.6. The maximum absolute atomic E-state index is 12.9. The Labute approximate surface area is 97.5 Å². The van der Waals surface area contributed by atoms with Crippen LogP contribution in [0.5, 0.6) is 0 Å². The summed E-state index contributed by atoms with van der Waals surface area (Å²) in [5.74, 6) is -0.711. The molecule has 1 amide bonds. The van der Waals surface area contributed by atoms with Crippen LogP contribution in [0.2, 0.25) is 5.02 Å². The number of benzene rings is 1. The molecule has 1 aromatic rings. The Morgan fingerprint density at radius 1 is 1.56 bits per heavy atom.